The molecule has 3 nitrogen and oxygen atoms in total. The van der Waals surface area contributed by atoms with E-state index in [0.717, 1.165) is 15.8 Å². The molecule has 0 radical (unpaired) electrons. The highest BCUT2D eigenvalue weighted by Gasteiger charge is 2.21. The van der Waals surface area contributed by atoms with E-state index in [0.29, 0.717) is 5.25 Å². The Labute approximate surface area is 108 Å². The van der Waals surface area contributed by atoms with Crippen molar-refractivity contribution in [3.63, 3.8) is 0 Å². The Balaban J connectivity index is 1.87. The predicted molar refractivity (Wildman–Crippen MR) is 71.6 cm³/mol. The number of rotatable bonds is 2. The van der Waals surface area contributed by atoms with Gasteiger partial charge in [-0.25, -0.2) is 0 Å². The normalized spacial score (nSPS) is 16.7. The maximum Gasteiger partial charge on any atom is 0.221 e. The standard InChI is InChI=1S/C12H12N2OS2/c15-12(16-8-4-1-2-5-8)9-6-3-7-10-11(9)17-14-13-10/h3,6-8H,1-2,4-5H2. The fourth-order valence-corrected chi connectivity index (χ4v) is 4.09. The Morgan fingerprint density at radius 3 is 3.00 bits per heavy atom. The van der Waals surface area contributed by atoms with Gasteiger partial charge in [0.05, 0.1) is 4.70 Å². The molecule has 88 valence electrons. The highest BCUT2D eigenvalue weighted by Crippen LogP contribution is 2.33. The van der Waals surface area contributed by atoms with Gasteiger partial charge in [0, 0.05) is 10.8 Å². The molecule has 0 unspecified atom stereocenters. The number of aromatic nitrogens is 2. The van der Waals surface area contributed by atoms with E-state index in [9.17, 15) is 4.79 Å². The minimum absolute atomic E-state index is 0.175. The van der Waals surface area contributed by atoms with Crippen molar-refractivity contribution < 1.29 is 4.79 Å². The lowest BCUT2D eigenvalue weighted by atomic mass is 10.2. The quantitative estimate of drug-likeness (QED) is 0.832. The molecule has 17 heavy (non-hydrogen) atoms. The summed E-state index contributed by atoms with van der Waals surface area (Å²) >= 11 is 2.80. The van der Waals surface area contributed by atoms with E-state index in [1.165, 1.54) is 49.0 Å². The summed E-state index contributed by atoms with van der Waals surface area (Å²) in [6.45, 7) is 0. The van der Waals surface area contributed by atoms with E-state index < -0.39 is 0 Å². The van der Waals surface area contributed by atoms with Crippen LogP contribution in [0.2, 0.25) is 0 Å². The van der Waals surface area contributed by atoms with Gasteiger partial charge in [0.25, 0.3) is 0 Å². The predicted octanol–water partition coefficient (Wildman–Crippen LogP) is 3.51. The number of hydrogen-bond acceptors (Lipinski definition) is 5. The highest BCUT2D eigenvalue weighted by molar-refractivity contribution is 8.14. The first kappa shape index (κ1) is 11.2. The van der Waals surface area contributed by atoms with Crippen molar-refractivity contribution in [2.75, 3.05) is 0 Å². The number of benzene rings is 1. The largest absolute Gasteiger partial charge is 0.282 e. The number of hydrogen-bond donors (Lipinski definition) is 0. The summed E-state index contributed by atoms with van der Waals surface area (Å²) in [7, 11) is 0. The van der Waals surface area contributed by atoms with Gasteiger partial charge in [0.1, 0.15) is 5.52 Å². The summed E-state index contributed by atoms with van der Waals surface area (Å²) in [6, 6.07) is 5.66. The minimum Gasteiger partial charge on any atom is -0.282 e. The summed E-state index contributed by atoms with van der Waals surface area (Å²) in [6.07, 6.45) is 4.87. The van der Waals surface area contributed by atoms with Gasteiger partial charge >= 0.3 is 0 Å². The molecule has 1 aromatic carbocycles. The van der Waals surface area contributed by atoms with E-state index in [1.54, 1.807) is 0 Å². The average molecular weight is 264 g/mol. The van der Waals surface area contributed by atoms with Gasteiger partial charge in [-0.3, -0.25) is 4.79 Å². The van der Waals surface area contributed by atoms with Crippen LogP contribution in [0.25, 0.3) is 10.2 Å². The number of fused-ring (bicyclic) bond motifs is 1. The van der Waals surface area contributed by atoms with Crippen LogP contribution in [0.1, 0.15) is 36.0 Å². The van der Waals surface area contributed by atoms with Gasteiger partial charge in [0.2, 0.25) is 5.12 Å². The van der Waals surface area contributed by atoms with Crippen LogP contribution in [0.5, 0.6) is 0 Å². The van der Waals surface area contributed by atoms with Crippen molar-refractivity contribution in [3.05, 3.63) is 23.8 Å². The molecule has 0 amide bonds. The average Bonchev–Trinajstić information content (AvgIpc) is 2.97. The Bertz CT molecular complexity index is 546. The zero-order chi connectivity index (χ0) is 11.7. The first-order valence-electron chi connectivity index (χ1n) is 5.76. The Kier molecular flexibility index (Phi) is 3.11. The Hall–Kier alpha value is -0.940. The van der Waals surface area contributed by atoms with E-state index in [4.69, 9.17) is 0 Å². The second-order valence-electron chi connectivity index (χ2n) is 4.24. The molecule has 1 aliphatic carbocycles. The summed E-state index contributed by atoms with van der Waals surface area (Å²) in [5.74, 6) is 0. The SMILES string of the molecule is O=C(SC1CCCC1)c1cccc2nnsc12. The molecule has 0 N–H and O–H groups in total. The van der Waals surface area contributed by atoms with Gasteiger partial charge in [-0.1, -0.05) is 35.2 Å². The zero-order valence-electron chi connectivity index (χ0n) is 9.26. The summed E-state index contributed by atoms with van der Waals surface area (Å²) < 4.78 is 4.83. The van der Waals surface area contributed by atoms with Crippen molar-refractivity contribution in [1.82, 2.24) is 9.59 Å². The molecular weight excluding hydrogens is 252 g/mol. The van der Waals surface area contributed by atoms with E-state index in [-0.39, 0.29) is 5.12 Å². The molecule has 5 heteroatoms. The molecule has 0 atom stereocenters. The molecule has 2 aromatic rings. The number of carbonyl (C=O) groups is 1. The third kappa shape index (κ3) is 2.21. The zero-order valence-corrected chi connectivity index (χ0v) is 10.9. The third-order valence-electron chi connectivity index (χ3n) is 3.07. The first-order chi connectivity index (χ1) is 8.34. The molecule has 3 rings (SSSR count). The number of thioether (sulfide) groups is 1. The monoisotopic (exact) mass is 264 g/mol. The van der Waals surface area contributed by atoms with Crippen LogP contribution in [0.3, 0.4) is 0 Å². The fourth-order valence-electron chi connectivity index (χ4n) is 2.19. The third-order valence-corrected chi connectivity index (χ3v) is 5.08. The van der Waals surface area contributed by atoms with E-state index in [1.807, 2.05) is 18.2 Å². The van der Waals surface area contributed by atoms with Gasteiger partial charge in [-0.05, 0) is 36.5 Å². The molecule has 1 fully saturated rings. The molecule has 1 saturated carbocycles. The van der Waals surface area contributed by atoms with Crippen LogP contribution < -0.4 is 0 Å². The summed E-state index contributed by atoms with van der Waals surface area (Å²) in [4.78, 5) is 12.2. The van der Waals surface area contributed by atoms with Crippen molar-refractivity contribution in [2.24, 2.45) is 0 Å². The molecule has 0 aliphatic heterocycles. The van der Waals surface area contributed by atoms with Gasteiger partial charge < -0.3 is 0 Å². The van der Waals surface area contributed by atoms with Crippen LogP contribution in [0.15, 0.2) is 18.2 Å². The molecule has 1 heterocycles. The lowest BCUT2D eigenvalue weighted by molar-refractivity contribution is 0.109. The van der Waals surface area contributed by atoms with Gasteiger partial charge in [-0.15, -0.1) is 5.10 Å². The van der Waals surface area contributed by atoms with E-state index in [2.05, 4.69) is 9.59 Å². The second-order valence-corrected chi connectivity index (χ2v) is 6.27. The van der Waals surface area contributed by atoms with Crippen LogP contribution in [0, 0.1) is 0 Å². The van der Waals surface area contributed by atoms with Crippen molar-refractivity contribution >= 4 is 38.6 Å². The van der Waals surface area contributed by atoms with E-state index >= 15 is 0 Å². The Morgan fingerprint density at radius 2 is 2.18 bits per heavy atom. The van der Waals surface area contributed by atoms with Crippen LogP contribution in [-0.4, -0.2) is 20.0 Å². The Morgan fingerprint density at radius 1 is 1.35 bits per heavy atom. The first-order valence-corrected chi connectivity index (χ1v) is 7.42. The lowest BCUT2D eigenvalue weighted by Gasteiger charge is -2.07. The van der Waals surface area contributed by atoms with Crippen LogP contribution in [0.4, 0.5) is 0 Å². The topological polar surface area (TPSA) is 42.9 Å². The van der Waals surface area contributed by atoms with Gasteiger partial charge in [-0.2, -0.15) is 0 Å². The van der Waals surface area contributed by atoms with Crippen molar-refractivity contribution in [1.29, 1.82) is 0 Å². The fraction of sp³-hybridized carbons (Fsp3) is 0.417. The summed E-state index contributed by atoms with van der Waals surface area (Å²) in [5, 5.41) is 4.69. The molecule has 0 spiro atoms. The minimum atomic E-state index is 0.175. The maximum absolute atomic E-state index is 12.2. The molecular formula is C12H12N2OS2. The van der Waals surface area contributed by atoms with Crippen molar-refractivity contribution in [2.45, 2.75) is 30.9 Å². The molecule has 1 aromatic heterocycles. The number of carbonyl (C=O) groups excluding carboxylic acids is 1. The van der Waals surface area contributed by atoms with Crippen LogP contribution in [-0.2, 0) is 0 Å². The number of nitrogens with zero attached hydrogens (tertiary/aromatic N) is 2. The molecule has 1 aliphatic rings. The van der Waals surface area contributed by atoms with Crippen LogP contribution >= 0.6 is 23.3 Å². The molecule has 0 bridgehead atoms. The van der Waals surface area contributed by atoms with Gasteiger partial charge in [0.15, 0.2) is 0 Å². The smallest absolute Gasteiger partial charge is 0.221 e. The molecule has 0 saturated heterocycles. The van der Waals surface area contributed by atoms with Crippen molar-refractivity contribution in [3.8, 4) is 0 Å². The highest BCUT2D eigenvalue weighted by atomic mass is 32.2. The summed E-state index contributed by atoms with van der Waals surface area (Å²) in [5.41, 5.74) is 1.60. The second kappa shape index (κ2) is 4.74. The lowest BCUT2D eigenvalue weighted by Crippen LogP contribution is -2.02. The maximum atomic E-state index is 12.2.